The number of carbonyl (C=O) groups is 2. The number of pyridine rings is 1. The maximum atomic E-state index is 12.2. The second kappa shape index (κ2) is 5.45. The van der Waals surface area contributed by atoms with Crippen LogP contribution in [0, 0.1) is 0 Å². The Balaban J connectivity index is 2.14. The van der Waals surface area contributed by atoms with E-state index in [4.69, 9.17) is 9.84 Å². The highest BCUT2D eigenvalue weighted by Gasteiger charge is 2.30. The van der Waals surface area contributed by atoms with Gasteiger partial charge in [0, 0.05) is 12.7 Å². The van der Waals surface area contributed by atoms with Crippen molar-refractivity contribution in [1.29, 1.82) is 0 Å². The lowest BCUT2D eigenvalue weighted by atomic mass is 10.2. The number of hydrogen-bond donors (Lipinski definition) is 1. The van der Waals surface area contributed by atoms with E-state index in [2.05, 4.69) is 20.9 Å². The Kier molecular flexibility index (Phi) is 3.93. The van der Waals surface area contributed by atoms with Gasteiger partial charge in [-0.3, -0.25) is 4.79 Å². The molecule has 0 aliphatic carbocycles. The Labute approximate surface area is 112 Å². The fourth-order valence-corrected chi connectivity index (χ4v) is 2.12. The molecule has 1 unspecified atom stereocenters. The summed E-state index contributed by atoms with van der Waals surface area (Å²) in [4.78, 5) is 28.5. The molecule has 7 heteroatoms. The van der Waals surface area contributed by atoms with Gasteiger partial charge < -0.3 is 14.7 Å². The van der Waals surface area contributed by atoms with E-state index in [1.165, 1.54) is 4.90 Å². The minimum atomic E-state index is -1.06. The van der Waals surface area contributed by atoms with Crippen LogP contribution in [0.15, 0.2) is 22.9 Å². The normalized spacial score (nSPS) is 19.6. The molecule has 0 spiro atoms. The summed E-state index contributed by atoms with van der Waals surface area (Å²) in [6, 6.07) is 3.30. The number of halogens is 1. The van der Waals surface area contributed by atoms with Gasteiger partial charge in [-0.2, -0.15) is 0 Å². The average molecular weight is 315 g/mol. The second-order valence-corrected chi connectivity index (χ2v) is 4.54. The molecule has 0 aromatic carbocycles. The summed E-state index contributed by atoms with van der Waals surface area (Å²) >= 11 is 3.20. The number of aromatic nitrogens is 1. The molecule has 2 rings (SSSR count). The van der Waals surface area contributed by atoms with E-state index in [0.29, 0.717) is 16.7 Å². The van der Waals surface area contributed by atoms with Gasteiger partial charge in [-0.1, -0.05) is 0 Å². The van der Waals surface area contributed by atoms with E-state index in [-0.39, 0.29) is 19.1 Å². The van der Waals surface area contributed by atoms with Crippen LogP contribution in [0.2, 0.25) is 0 Å². The highest BCUT2D eigenvalue weighted by Crippen LogP contribution is 2.17. The van der Waals surface area contributed by atoms with E-state index in [9.17, 15) is 9.59 Å². The molecule has 0 saturated carbocycles. The predicted octanol–water partition coefficient (Wildman–Crippen LogP) is 0.770. The molecule has 0 radical (unpaired) electrons. The number of aliphatic carboxylic acids is 1. The van der Waals surface area contributed by atoms with Crippen LogP contribution in [-0.4, -0.2) is 52.7 Å². The summed E-state index contributed by atoms with van der Waals surface area (Å²) in [6.45, 7) is 0.653. The van der Waals surface area contributed by atoms with Crippen LogP contribution in [0.3, 0.4) is 0 Å². The Morgan fingerprint density at radius 3 is 3.00 bits per heavy atom. The van der Waals surface area contributed by atoms with Crippen LogP contribution in [0.1, 0.15) is 10.4 Å². The summed E-state index contributed by atoms with van der Waals surface area (Å²) in [7, 11) is 0. The molecule has 1 saturated heterocycles. The highest BCUT2D eigenvalue weighted by atomic mass is 79.9. The first-order valence-electron chi connectivity index (χ1n) is 5.34. The summed E-state index contributed by atoms with van der Waals surface area (Å²) < 4.78 is 5.52. The summed E-state index contributed by atoms with van der Waals surface area (Å²) in [6.07, 6.45) is 0.610. The molecule has 1 fully saturated rings. The first-order chi connectivity index (χ1) is 8.59. The van der Waals surface area contributed by atoms with Crippen molar-refractivity contribution in [3.8, 4) is 0 Å². The number of ether oxygens (including phenoxy) is 1. The lowest BCUT2D eigenvalue weighted by Gasteiger charge is -2.31. The van der Waals surface area contributed by atoms with Crippen molar-refractivity contribution in [1.82, 2.24) is 9.88 Å². The van der Waals surface area contributed by atoms with Crippen LogP contribution < -0.4 is 0 Å². The van der Waals surface area contributed by atoms with Gasteiger partial charge in [0.05, 0.1) is 18.7 Å². The standard InChI is InChI=1S/C11H11BrN2O4/c12-9-7(2-1-3-13-9)10(15)14-4-5-18-8(6-14)11(16)17/h1-3,8H,4-6H2,(H,16,17). The number of morpholine rings is 1. The Morgan fingerprint density at radius 2 is 2.33 bits per heavy atom. The Bertz CT molecular complexity index is 480. The zero-order valence-electron chi connectivity index (χ0n) is 9.38. The number of nitrogens with zero attached hydrogens (tertiary/aromatic N) is 2. The SMILES string of the molecule is O=C(O)C1CN(C(=O)c2cccnc2Br)CCO1. The molecule has 6 nitrogen and oxygen atoms in total. The molecule has 0 bridgehead atoms. The third kappa shape index (κ3) is 2.68. The van der Waals surface area contributed by atoms with Crippen molar-refractivity contribution >= 4 is 27.8 Å². The van der Waals surface area contributed by atoms with E-state index in [1.807, 2.05) is 0 Å². The predicted molar refractivity (Wildman–Crippen MR) is 65.2 cm³/mol. The van der Waals surface area contributed by atoms with Crippen LogP contribution in [0.5, 0.6) is 0 Å². The van der Waals surface area contributed by atoms with Crippen LogP contribution in [-0.2, 0) is 9.53 Å². The quantitative estimate of drug-likeness (QED) is 0.816. The zero-order valence-corrected chi connectivity index (χ0v) is 11.0. The lowest BCUT2D eigenvalue weighted by Crippen LogP contribution is -2.48. The maximum absolute atomic E-state index is 12.2. The molecular formula is C11H11BrN2O4. The monoisotopic (exact) mass is 314 g/mol. The third-order valence-electron chi connectivity index (χ3n) is 2.62. The second-order valence-electron chi connectivity index (χ2n) is 3.79. The molecule has 1 aliphatic heterocycles. The molecule has 1 aromatic heterocycles. The van der Waals surface area contributed by atoms with Crippen molar-refractivity contribution in [3.05, 3.63) is 28.5 Å². The molecule has 1 aliphatic rings. The molecule has 1 aromatic rings. The minimum Gasteiger partial charge on any atom is -0.479 e. The van der Waals surface area contributed by atoms with Crippen LogP contribution >= 0.6 is 15.9 Å². The van der Waals surface area contributed by atoms with Gasteiger partial charge in [0.1, 0.15) is 4.60 Å². The van der Waals surface area contributed by atoms with Crippen molar-refractivity contribution < 1.29 is 19.4 Å². The number of rotatable bonds is 2. The van der Waals surface area contributed by atoms with Crippen LogP contribution in [0.25, 0.3) is 0 Å². The minimum absolute atomic E-state index is 0.0511. The molecule has 1 atom stereocenters. The molecule has 96 valence electrons. The zero-order chi connectivity index (χ0) is 13.1. The first kappa shape index (κ1) is 13.0. The fourth-order valence-electron chi connectivity index (χ4n) is 1.70. The van der Waals surface area contributed by atoms with Gasteiger partial charge in [-0.05, 0) is 28.1 Å². The highest BCUT2D eigenvalue weighted by molar-refractivity contribution is 9.10. The number of carboxylic acids is 1. The van der Waals surface area contributed by atoms with Gasteiger partial charge in [-0.15, -0.1) is 0 Å². The number of amides is 1. The Morgan fingerprint density at radius 1 is 1.56 bits per heavy atom. The summed E-state index contributed by atoms with van der Waals surface area (Å²) in [5.41, 5.74) is 0.420. The van der Waals surface area contributed by atoms with Crippen molar-refractivity contribution in [2.24, 2.45) is 0 Å². The molecular weight excluding hydrogens is 304 g/mol. The molecule has 1 N–H and O–H groups in total. The number of carboxylic acid groups (broad SMARTS) is 1. The van der Waals surface area contributed by atoms with E-state index >= 15 is 0 Å². The van der Waals surface area contributed by atoms with Crippen LogP contribution in [0.4, 0.5) is 0 Å². The maximum Gasteiger partial charge on any atom is 0.334 e. The van der Waals surface area contributed by atoms with Crippen molar-refractivity contribution in [2.75, 3.05) is 19.7 Å². The summed E-state index contributed by atoms with van der Waals surface area (Å²) in [5.74, 6) is -1.30. The first-order valence-corrected chi connectivity index (χ1v) is 6.13. The number of carbonyl (C=O) groups excluding carboxylic acids is 1. The average Bonchev–Trinajstić information content (AvgIpc) is 2.38. The number of hydrogen-bond acceptors (Lipinski definition) is 4. The fraction of sp³-hybridized carbons (Fsp3) is 0.364. The van der Waals surface area contributed by atoms with E-state index < -0.39 is 12.1 Å². The Hall–Kier alpha value is -1.47. The van der Waals surface area contributed by atoms with Gasteiger partial charge in [-0.25, -0.2) is 9.78 Å². The topological polar surface area (TPSA) is 79.7 Å². The van der Waals surface area contributed by atoms with E-state index in [0.717, 1.165) is 0 Å². The van der Waals surface area contributed by atoms with Gasteiger partial charge in [0.15, 0.2) is 6.10 Å². The molecule has 2 heterocycles. The summed E-state index contributed by atoms with van der Waals surface area (Å²) in [5, 5.41) is 8.88. The van der Waals surface area contributed by atoms with Gasteiger partial charge in [0.25, 0.3) is 5.91 Å². The smallest absolute Gasteiger partial charge is 0.334 e. The lowest BCUT2D eigenvalue weighted by molar-refractivity contribution is -0.154. The van der Waals surface area contributed by atoms with Crippen molar-refractivity contribution in [2.45, 2.75) is 6.10 Å². The molecule has 1 amide bonds. The van der Waals surface area contributed by atoms with Gasteiger partial charge >= 0.3 is 5.97 Å². The molecule has 18 heavy (non-hydrogen) atoms. The van der Waals surface area contributed by atoms with Crippen molar-refractivity contribution in [3.63, 3.8) is 0 Å². The van der Waals surface area contributed by atoms with E-state index in [1.54, 1.807) is 18.3 Å². The largest absolute Gasteiger partial charge is 0.479 e. The third-order valence-corrected chi connectivity index (χ3v) is 3.25. The van der Waals surface area contributed by atoms with Gasteiger partial charge in [0.2, 0.25) is 0 Å².